The topological polar surface area (TPSA) is 41.5 Å². The summed E-state index contributed by atoms with van der Waals surface area (Å²) in [6.07, 6.45) is 0.732. The first-order valence-corrected chi connectivity index (χ1v) is 6.58. The summed E-state index contributed by atoms with van der Waals surface area (Å²) in [4.78, 5) is 0. The largest absolute Gasteiger partial charge is 0.389 e. The van der Waals surface area contributed by atoms with E-state index in [1.807, 2.05) is 0 Å². The lowest BCUT2D eigenvalue weighted by Crippen LogP contribution is -2.42. The number of rotatable bonds is 8. The fourth-order valence-corrected chi connectivity index (χ4v) is 2.02. The van der Waals surface area contributed by atoms with Gasteiger partial charge in [-0.1, -0.05) is 19.3 Å². The van der Waals surface area contributed by atoms with Crippen molar-refractivity contribution in [3.05, 3.63) is 0 Å². The molecule has 114 valence electrons. The molecule has 0 bridgehead atoms. The molecule has 19 heavy (non-hydrogen) atoms. The average Bonchev–Trinajstić information content (AvgIpc) is 2.37. The van der Waals surface area contributed by atoms with E-state index in [4.69, 9.17) is 4.74 Å². The van der Waals surface area contributed by atoms with E-state index in [0.717, 1.165) is 25.7 Å². The van der Waals surface area contributed by atoms with Crippen molar-refractivity contribution in [2.75, 3.05) is 19.7 Å². The number of hydrogen-bond acceptors (Lipinski definition) is 3. The van der Waals surface area contributed by atoms with E-state index in [-0.39, 0.29) is 19.3 Å². The van der Waals surface area contributed by atoms with Crippen LogP contribution in [-0.4, -0.2) is 49.4 Å². The van der Waals surface area contributed by atoms with Crippen molar-refractivity contribution in [3.63, 3.8) is 0 Å². The van der Waals surface area contributed by atoms with Crippen LogP contribution in [0.15, 0.2) is 0 Å². The smallest absolute Gasteiger partial charge is 0.319 e. The number of nitrogens with one attached hydrogen (secondary N) is 1. The summed E-state index contributed by atoms with van der Waals surface area (Å²) in [7, 11) is 0. The number of aliphatic hydroxyl groups is 1. The lowest BCUT2D eigenvalue weighted by molar-refractivity contribution is -0.126. The molecule has 0 heterocycles. The SMILES string of the molecule is OC(CNCC(F)(F)C(F)F)COC1CCCCC1. The first-order chi connectivity index (χ1) is 8.92. The molecule has 0 aliphatic heterocycles. The average molecular weight is 287 g/mol. The van der Waals surface area contributed by atoms with E-state index in [1.54, 1.807) is 0 Å². The zero-order chi connectivity index (χ0) is 14.3. The Balaban J connectivity index is 2.09. The maximum absolute atomic E-state index is 12.5. The van der Waals surface area contributed by atoms with E-state index in [0.29, 0.717) is 0 Å². The predicted molar refractivity (Wildman–Crippen MR) is 62.7 cm³/mol. The minimum atomic E-state index is -4.07. The van der Waals surface area contributed by atoms with Crippen LogP contribution in [0.2, 0.25) is 0 Å². The molecule has 1 unspecified atom stereocenters. The molecule has 3 nitrogen and oxygen atoms in total. The summed E-state index contributed by atoms with van der Waals surface area (Å²) in [6, 6.07) is 0. The van der Waals surface area contributed by atoms with Crippen LogP contribution in [0.1, 0.15) is 32.1 Å². The number of halogens is 4. The van der Waals surface area contributed by atoms with Crippen LogP contribution in [0.5, 0.6) is 0 Å². The highest BCUT2D eigenvalue weighted by molar-refractivity contribution is 4.73. The van der Waals surface area contributed by atoms with Gasteiger partial charge in [0.05, 0.1) is 25.4 Å². The molecule has 1 rings (SSSR count). The van der Waals surface area contributed by atoms with Crippen molar-refractivity contribution in [2.45, 2.75) is 56.7 Å². The van der Waals surface area contributed by atoms with Crippen LogP contribution in [0, 0.1) is 0 Å². The first-order valence-electron chi connectivity index (χ1n) is 6.58. The standard InChI is InChI=1S/C12H21F4NO2/c13-11(14)12(15,16)8-17-6-9(18)7-19-10-4-2-1-3-5-10/h9-11,17-18H,1-8H2. The molecule has 0 amide bonds. The monoisotopic (exact) mass is 287 g/mol. The molecule has 0 saturated heterocycles. The van der Waals surface area contributed by atoms with Crippen LogP contribution >= 0.6 is 0 Å². The summed E-state index contributed by atoms with van der Waals surface area (Å²) in [5.74, 6) is -4.07. The predicted octanol–water partition coefficient (Wildman–Crippen LogP) is 2.19. The fraction of sp³-hybridized carbons (Fsp3) is 1.00. The van der Waals surface area contributed by atoms with Crippen molar-refractivity contribution in [3.8, 4) is 0 Å². The summed E-state index contributed by atoms with van der Waals surface area (Å²) >= 11 is 0. The van der Waals surface area contributed by atoms with Gasteiger partial charge in [0, 0.05) is 6.54 Å². The highest BCUT2D eigenvalue weighted by atomic mass is 19.3. The van der Waals surface area contributed by atoms with Gasteiger partial charge in [0.1, 0.15) is 0 Å². The maximum Gasteiger partial charge on any atom is 0.319 e. The van der Waals surface area contributed by atoms with Gasteiger partial charge in [-0.3, -0.25) is 0 Å². The number of aliphatic hydroxyl groups excluding tert-OH is 1. The molecule has 1 atom stereocenters. The van der Waals surface area contributed by atoms with Crippen LogP contribution in [0.3, 0.4) is 0 Å². The van der Waals surface area contributed by atoms with Gasteiger partial charge in [0.2, 0.25) is 0 Å². The van der Waals surface area contributed by atoms with Gasteiger partial charge >= 0.3 is 12.3 Å². The highest BCUT2D eigenvalue weighted by Gasteiger charge is 2.40. The summed E-state index contributed by atoms with van der Waals surface area (Å²) in [6.45, 7) is -1.29. The van der Waals surface area contributed by atoms with Gasteiger partial charge < -0.3 is 15.2 Å². The molecule has 0 spiro atoms. The second kappa shape index (κ2) is 8.01. The summed E-state index contributed by atoms with van der Waals surface area (Å²) in [5.41, 5.74) is 0. The van der Waals surface area contributed by atoms with Crippen molar-refractivity contribution in [1.82, 2.24) is 5.32 Å². The first kappa shape index (κ1) is 16.7. The second-order valence-corrected chi connectivity index (χ2v) is 4.94. The molecule has 1 aliphatic rings. The molecule has 2 N–H and O–H groups in total. The Kier molecular flexibility index (Phi) is 7.02. The van der Waals surface area contributed by atoms with Crippen molar-refractivity contribution >= 4 is 0 Å². The molecule has 1 aliphatic carbocycles. The Hall–Kier alpha value is -0.400. The molecule has 0 aromatic rings. The minimum absolute atomic E-state index is 0.0396. The van der Waals surface area contributed by atoms with Crippen LogP contribution in [-0.2, 0) is 4.74 Å². The summed E-state index contributed by atoms with van der Waals surface area (Å²) < 4.78 is 54.2. The molecule has 0 aromatic heterocycles. The van der Waals surface area contributed by atoms with Crippen LogP contribution in [0.25, 0.3) is 0 Å². The molecule has 7 heteroatoms. The van der Waals surface area contributed by atoms with Gasteiger partial charge in [0.15, 0.2) is 0 Å². The normalized spacial score (nSPS) is 19.9. The van der Waals surface area contributed by atoms with Gasteiger partial charge in [-0.2, -0.15) is 8.78 Å². The lowest BCUT2D eigenvalue weighted by atomic mass is 9.98. The van der Waals surface area contributed by atoms with Crippen molar-refractivity contribution in [1.29, 1.82) is 0 Å². The molecule has 1 fully saturated rings. The Morgan fingerprint density at radius 1 is 1.21 bits per heavy atom. The Morgan fingerprint density at radius 3 is 2.42 bits per heavy atom. The van der Waals surface area contributed by atoms with Gasteiger partial charge in [-0.05, 0) is 12.8 Å². The Labute approximate surface area is 110 Å². The van der Waals surface area contributed by atoms with Crippen molar-refractivity contribution < 1.29 is 27.4 Å². The third-order valence-electron chi connectivity index (χ3n) is 3.14. The van der Waals surface area contributed by atoms with Gasteiger partial charge in [-0.15, -0.1) is 0 Å². The summed E-state index contributed by atoms with van der Waals surface area (Å²) in [5, 5.41) is 11.6. The minimum Gasteiger partial charge on any atom is -0.389 e. The number of hydrogen-bond donors (Lipinski definition) is 2. The molecular weight excluding hydrogens is 266 g/mol. The lowest BCUT2D eigenvalue weighted by Gasteiger charge is -2.24. The molecule has 1 saturated carbocycles. The zero-order valence-corrected chi connectivity index (χ0v) is 10.8. The molecule has 0 radical (unpaired) electrons. The number of ether oxygens (including phenoxy) is 1. The second-order valence-electron chi connectivity index (χ2n) is 4.94. The maximum atomic E-state index is 12.5. The Morgan fingerprint density at radius 2 is 1.84 bits per heavy atom. The Bertz CT molecular complexity index is 248. The third-order valence-corrected chi connectivity index (χ3v) is 3.14. The van der Waals surface area contributed by atoms with E-state index in [2.05, 4.69) is 5.32 Å². The van der Waals surface area contributed by atoms with E-state index in [1.165, 1.54) is 6.42 Å². The number of alkyl halides is 4. The van der Waals surface area contributed by atoms with E-state index >= 15 is 0 Å². The molecule has 0 aromatic carbocycles. The molecular formula is C12H21F4NO2. The van der Waals surface area contributed by atoms with Gasteiger partial charge in [0.25, 0.3) is 0 Å². The fourth-order valence-electron chi connectivity index (χ4n) is 2.02. The zero-order valence-electron chi connectivity index (χ0n) is 10.8. The van der Waals surface area contributed by atoms with E-state index < -0.39 is 25.0 Å². The van der Waals surface area contributed by atoms with Crippen LogP contribution in [0.4, 0.5) is 17.6 Å². The van der Waals surface area contributed by atoms with Crippen molar-refractivity contribution in [2.24, 2.45) is 0 Å². The van der Waals surface area contributed by atoms with E-state index in [9.17, 15) is 22.7 Å². The van der Waals surface area contributed by atoms with Crippen LogP contribution < -0.4 is 5.32 Å². The highest BCUT2D eigenvalue weighted by Crippen LogP contribution is 2.21. The van der Waals surface area contributed by atoms with Gasteiger partial charge in [-0.25, -0.2) is 8.78 Å². The third kappa shape index (κ3) is 6.54. The quantitative estimate of drug-likeness (QED) is 0.672.